The maximum Gasteiger partial charge on any atom is 0.306 e. The van der Waals surface area contributed by atoms with E-state index in [1.807, 2.05) is 6.92 Å². The summed E-state index contributed by atoms with van der Waals surface area (Å²) in [4.78, 5) is 17.2. The number of carbonyl (C=O) groups is 1. The molecule has 31 heavy (non-hydrogen) atoms. The van der Waals surface area contributed by atoms with Gasteiger partial charge < -0.3 is 4.74 Å². The predicted octanol–water partition coefficient (Wildman–Crippen LogP) is 8.00. The van der Waals surface area contributed by atoms with Crippen LogP contribution in [0, 0.1) is 30.6 Å². The maximum atomic E-state index is 12.7. The molecular weight excluding hydrogens is 402 g/mol. The lowest BCUT2D eigenvalue weighted by Crippen LogP contribution is -2.21. The van der Waals surface area contributed by atoms with Crippen LogP contribution in [0.25, 0.3) is 6.08 Å². The number of esters is 1. The fraction of sp³-hybridized carbons (Fsp3) is 0.704. The molecule has 4 heteroatoms. The van der Waals surface area contributed by atoms with Crippen molar-refractivity contribution in [2.24, 2.45) is 23.7 Å². The van der Waals surface area contributed by atoms with Crippen LogP contribution in [0.3, 0.4) is 0 Å². The van der Waals surface area contributed by atoms with Crippen LogP contribution in [0.2, 0.25) is 0 Å². The van der Waals surface area contributed by atoms with Crippen molar-refractivity contribution in [2.75, 3.05) is 0 Å². The Labute approximate surface area is 194 Å². The second kappa shape index (κ2) is 12.6. The molecule has 0 aliphatic carbocycles. The number of aromatic nitrogens is 1. The van der Waals surface area contributed by atoms with Crippen LogP contribution in [0.1, 0.15) is 97.2 Å². The summed E-state index contributed by atoms with van der Waals surface area (Å²) in [6.07, 6.45) is 11.1. The highest BCUT2D eigenvalue weighted by molar-refractivity contribution is 7.09. The average molecular weight is 446 g/mol. The van der Waals surface area contributed by atoms with E-state index in [9.17, 15) is 4.79 Å². The Bertz CT molecular complexity index is 763. The van der Waals surface area contributed by atoms with E-state index in [0.29, 0.717) is 18.3 Å². The zero-order chi connectivity index (χ0) is 23.0. The second-order valence-corrected chi connectivity index (χ2v) is 11.1. The van der Waals surface area contributed by atoms with Gasteiger partial charge in [-0.1, -0.05) is 45.8 Å². The molecule has 0 saturated heterocycles. The molecule has 2 heterocycles. The molecule has 3 nitrogen and oxygen atoms in total. The molecule has 0 saturated carbocycles. The minimum absolute atomic E-state index is 0.0775. The van der Waals surface area contributed by atoms with Crippen molar-refractivity contribution in [3.63, 3.8) is 0 Å². The summed E-state index contributed by atoms with van der Waals surface area (Å²) >= 11 is 1.65. The summed E-state index contributed by atoms with van der Waals surface area (Å²) < 4.78 is 5.98. The van der Waals surface area contributed by atoms with Crippen molar-refractivity contribution in [1.82, 2.24) is 4.98 Å². The molecule has 0 aromatic carbocycles. The van der Waals surface area contributed by atoms with Crippen LogP contribution in [-0.4, -0.2) is 17.1 Å². The minimum Gasteiger partial charge on any atom is -0.457 e. The van der Waals surface area contributed by atoms with Crippen LogP contribution in [0.15, 0.2) is 22.6 Å². The lowest BCUT2D eigenvalue weighted by molar-refractivity contribution is -0.147. The van der Waals surface area contributed by atoms with Gasteiger partial charge in [-0.3, -0.25) is 4.79 Å². The third-order valence-electron chi connectivity index (χ3n) is 7.12. The molecule has 174 valence electrons. The van der Waals surface area contributed by atoms with Crippen molar-refractivity contribution in [1.29, 1.82) is 0 Å². The van der Waals surface area contributed by atoms with Gasteiger partial charge in [0.1, 0.15) is 6.10 Å². The van der Waals surface area contributed by atoms with Gasteiger partial charge in [-0.15, -0.1) is 11.3 Å². The van der Waals surface area contributed by atoms with Gasteiger partial charge in [0.25, 0.3) is 0 Å². The largest absolute Gasteiger partial charge is 0.457 e. The Morgan fingerprint density at radius 1 is 1.13 bits per heavy atom. The third-order valence-corrected chi connectivity index (χ3v) is 7.91. The zero-order valence-corrected chi connectivity index (χ0v) is 21.6. The summed E-state index contributed by atoms with van der Waals surface area (Å²) in [7, 11) is 0. The van der Waals surface area contributed by atoms with Gasteiger partial charge in [0, 0.05) is 18.2 Å². The molecule has 1 aromatic rings. The Kier molecular flexibility index (Phi) is 10.5. The van der Waals surface area contributed by atoms with Gasteiger partial charge in [-0.2, -0.15) is 0 Å². The van der Waals surface area contributed by atoms with Crippen molar-refractivity contribution in [3.05, 3.63) is 33.3 Å². The summed E-state index contributed by atoms with van der Waals surface area (Å²) in [6.45, 7) is 15.8. The van der Waals surface area contributed by atoms with E-state index < -0.39 is 0 Å². The predicted molar refractivity (Wildman–Crippen MR) is 133 cm³/mol. The monoisotopic (exact) mass is 445 g/mol. The van der Waals surface area contributed by atoms with E-state index in [1.54, 1.807) is 11.3 Å². The van der Waals surface area contributed by atoms with Gasteiger partial charge in [-0.05, 0) is 81.8 Å². The van der Waals surface area contributed by atoms with Gasteiger partial charge in [0.15, 0.2) is 0 Å². The van der Waals surface area contributed by atoms with Gasteiger partial charge >= 0.3 is 5.97 Å². The highest BCUT2D eigenvalue weighted by atomic mass is 32.1. The first-order valence-corrected chi connectivity index (χ1v) is 13.0. The molecule has 0 radical (unpaired) electrons. The molecule has 0 amide bonds. The molecule has 0 N–H and O–H groups in total. The van der Waals surface area contributed by atoms with E-state index in [4.69, 9.17) is 4.74 Å². The van der Waals surface area contributed by atoms with Crippen molar-refractivity contribution in [3.8, 4) is 0 Å². The molecule has 5 atom stereocenters. The number of hydrogen-bond acceptors (Lipinski definition) is 4. The lowest BCUT2D eigenvalue weighted by Gasteiger charge is -2.28. The lowest BCUT2D eigenvalue weighted by atomic mass is 9.78. The maximum absolute atomic E-state index is 12.7. The van der Waals surface area contributed by atoms with E-state index in [2.05, 4.69) is 64.1 Å². The quantitative estimate of drug-likeness (QED) is 0.342. The highest BCUT2D eigenvalue weighted by Gasteiger charge is 2.22. The second-order valence-electron chi connectivity index (χ2n) is 10.0. The molecule has 1 aliphatic rings. The Balaban J connectivity index is 2.16. The molecule has 1 aliphatic heterocycles. The van der Waals surface area contributed by atoms with Crippen LogP contribution < -0.4 is 0 Å². The molecule has 0 bridgehead atoms. The number of hydrogen-bond donors (Lipinski definition) is 0. The molecule has 0 spiro atoms. The van der Waals surface area contributed by atoms with Gasteiger partial charge in [0.05, 0.1) is 10.7 Å². The smallest absolute Gasteiger partial charge is 0.306 e. The third kappa shape index (κ3) is 8.92. The molecule has 2 rings (SSSR count). The molecule has 0 fully saturated rings. The number of cyclic esters (lactones) is 1. The Hall–Kier alpha value is -1.42. The number of ether oxygens (including phenoxy) is 1. The SMILES string of the molecule is C/C1=C/CC(/C(C)=C/c2csc(C)n2)OC(=O)CC[C@@H](C)C[C@H](C)[C@@H](C)[C@@H](C)CCC1. The fourth-order valence-corrected chi connectivity index (χ4v) is 5.16. The Morgan fingerprint density at radius 3 is 2.55 bits per heavy atom. The van der Waals surface area contributed by atoms with Crippen molar-refractivity contribution in [2.45, 2.75) is 99.5 Å². The minimum atomic E-state index is -0.217. The first-order chi connectivity index (χ1) is 14.7. The number of nitrogens with zero attached hydrogens (tertiary/aromatic N) is 1. The molecule has 1 aromatic heterocycles. The highest BCUT2D eigenvalue weighted by Crippen LogP contribution is 2.31. The number of aryl methyl sites for hydroxylation is 1. The first-order valence-electron chi connectivity index (χ1n) is 12.1. The number of rotatable bonds is 2. The molecule has 1 unspecified atom stereocenters. The number of thiazole rings is 1. The van der Waals surface area contributed by atoms with E-state index >= 15 is 0 Å². The van der Waals surface area contributed by atoms with Crippen LogP contribution in [0.5, 0.6) is 0 Å². The zero-order valence-electron chi connectivity index (χ0n) is 20.7. The number of allylic oxidation sites excluding steroid dienone is 1. The standard InChI is InChI=1S/C27H43NO2S/c1-18-9-8-10-20(3)23(6)21(4)15-19(2)12-14-27(29)30-26(13-11-18)22(5)16-25-17-31-24(7)28-25/h11,16-17,19-21,23,26H,8-10,12-15H2,1-7H3/b18-11-,22-16+/t19-,20+,21+,23+,26?/m1/s1. The fourth-order valence-electron chi connectivity index (χ4n) is 4.59. The van der Waals surface area contributed by atoms with E-state index in [1.165, 1.54) is 24.8 Å². The van der Waals surface area contributed by atoms with Gasteiger partial charge in [0.2, 0.25) is 0 Å². The van der Waals surface area contributed by atoms with E-state index in [-0.39, 0.29) is 12.1 Å². The van der Waals surface area contributed by atoms with Crippen molar-refractivity contribution >= 4 is 23.4 Å². The summed E-state index contributed by atoms with van der Waals surface area (Å²) in [5, 5.41) is 3.11. The van der Waals surface area contributed by atoms with E-state index in [0.717, 1.165) is 47.4 Å². The number of carbonyl (C=O) groups excluding carboxylic acids is 1. The Morgan fingerprint density at radius 2 is 1.87 bits per heavy atom. The normalized spacial score (nSPS) is 32.2. The summed E-state index contributed by atoms with van der Waals surface area (Å²) in [5.41, 5.74) is 3.41. The van der Waals surface area contributed by atoms with Crippen LogP contribution >= 0.6 is 11.3 Å². The summed E-state index contributed by atoms with van der Waals surface area (Å²) in [6, 6.07) is 0. The van der Waals surface area contributed by atoms with Gasteiger partial charge in [-0.25, -0.2) is 4.98 Å². The molecular formula is C27H43NO2S. The van der Waals surface area contributed by atoms with Crippen LogP contribution in [-0.2, 0) is 9.53 Å². The average Bonchev–Trinajstić information content (AvgIpc) is 3.12. The van der Waals surface area contributed by atoms with Crippen molar-refractivity contribution < 1.29 is 9.53 Å². The summed E-state index contributed by atoms with van der Waals surface area (Å²) in [5.74, 6) is 2.61. The topological polar surface area (TPSA) is 39.2 Å². The van der Waals surface area contributed by atoms with Crippen LogP contribution in [0.4, 0.5) is 0 Å². The first kappa shape index (κ1) is 25.8.